The van der Waals surface area contributed by atoms with E-state index >= 15 is 0 Å². The van der Waals surface area contributed by atoms with E-state index in [0.29, 0.717) is 24.7 Å². The third-order valence-electron chi connectivity index (χ3n) is 4.99. The van der Waals surface area contributed by atoms with E-state index in [4.69, 9.17) is 0 Å². The molecule has 3 rings (SSSR count). The zero-order valence-corrected chi connectivity index (χ0v) is 15.0. The number of aliphatic hydroxyl groups is 1. The first-order valence-electron chi connectivity index (χ1n) is 8.41. The number of halogens is 5. The van der Waals surface area contributed by atoms with Gasteiger partial charge >= 0.3 is 12.5 Å². The number of alkyl halides is 4. The van der Waals surface area contributed by atoms with Crippen molar-refractivity contribution in [2.75, 3.05) is 13.1 Å². The van der Waals surface area contributed by atoms with Crippen LogP contribution >= 0.6 is 12.4 Å². The minimum atomic E-state index is -4.70. The SMILES string of the molecule is Cl.O=C(N[C@H]1C[C@H]2CNC[C@H]2C[C@@H]1O)c1ccccc1OC(F)(F)C(F)F. The number of rotatable bonds is 5. The summed E-state index contributed by atoms with van der Waals surface area (Å²) in [6.45, 7) is 1.62. The van der Waals surface area contributed by atoms with Gasteiger partial charge in [0.15, 0.2) is 0 Å². The summed E-state index contributed by atoms with van der Waals surface area (Å²) in [4.78, 5) is 12.5. The van der Waals surface area contributed by atoms with Crippen molar-refractivity contribution >= 4 is 18.3 Å². The molecule has 10 heteroatoms. The fourth-order valence-corrected chi connectivity index (χ4v) is 3.63. The lowest BCUT2D eigenvalue weighted by molar-refractivity contribution is -0.253. The van der Waals surface area contributed by atoms with Crippen molar-refractivity contribution in [2.24, 2.45) is 11.8 Å². The summed E-state index contributed by atoms with van der Waals surface area (Å²) in [6, 6.07) is 4.42. The highest BCUT2D eigenvalue weighted by Crippen LogP contribution is 2.34. The molecule has 0 spiro atoms. The molecule has 1 amide bonds. The molecule has 1 aliphatic heterocycles. The van der Waals surface area contributed by atoms with Crippen LogP contribution in [0.2, 0.25) is 0 Å². The Bertz CT molecular complexity index is 665. The monoisotopic (exact) mass is 412 g/mol. The molecule has 2 fully saturated rings. The summed E-state index contributed by atoms with van der Waals surface area (Å²) in [5, 5.41) is 16.1. The maximum Gasteiger partial charge on any atom is 0.461 e. The first-order valence-corrected chi connectivity index (χ1v) is 8.41. The van der Waals surface area contributed by atoms with Gasteiger partial charge in [0.1, 0.15) is 5.75 Å². The topological polar surface area (TPSA) is 70.6 Å². The van der Waals surface area contributed by atoms with Gasteiger partial charge in [-0.3, -0.25) is 4.79 Å². The zero-order valence-electron chi connectivity index (χ0n) is 14.2. The third-order valence-corrected chi connectivity index (χ3v) is 4.99. The Labute approximate surface area is 159 Å². The van der Waals surface area contributed by atoms with E-state index in [9.17, 15) is 27.5 Å². The molecule has 0 unspecified atom stereocenters. The largest absolute Gasteiger partial charge is 0.461 e. The first kappa shape index (κ1) is 21.7. The van der Waals surface area contributed by atoms with Gasteiger partial charge in [-0.05, 0) is 49.9 Å². The minimum Gasteiger partial charge on any atom is -0.427 e. The van der Waals surface area contributed by atoms with Gasteiger partial charge in [-0.1, -0.05) is 12.1 Å². The summed E-state index contributed by atoms with van der Waals surface area (Å²) in [7, 11) is 0. The molecule has 152 valence electrons. The van der Waals surface area contributed by atoms with Crippen LogP contribution in [0.5, 0.6) is 5.75 Å². The molecule has 0 bridgehead atoms. The Morgan fingerprint density at radius 3 is 2.52 bits per heavy atom. The molecule has 0 radical (unpaired) electrons. The molecule has 1 saturated heterocycles. The first-order chi connectivity index (χ1) is 12.3. The fraction of sp³-hybridized carbons (Fsp3) is 0.588. The number of benzene rings is 1. The third kappa shape index (κ3) is 4.83. The van der Waals surface area contributed by atoms with Crippen LogP contribution in [0.4, 0.5) is 17.6 Å². The Morgan fingerprint density at radius 2 is 1.85 bits per heavy atom. The second-order valence-corrected chi connectivity index (χ2v) is 6.76. The van der Waals surface area contributed by atoms with E-state index in [-0.39, 0.29) is 18.0 Å². The standard InChI is InChI=1S/C17H20F4N2O3.ClH/c18-16(19)17(20,21)26-14-4-2-1-3-11(14)15(25)23-12-5-9-7-22-8-10(9)6-13(12)24;/h1-4,9-10,12-13,16,22,24H,5-8H2,(H,23,25);1H/t9-,10+,12-,13-;/m0./s1. The van der Waals surface area contributed by atoms with Crippen molar-refractivity contribution < 1.29 is 32.2 Å². The number of aliphatic hydroxyl groups excluding tert-OH is 1. The van der Waals surface area contributed by atoms with Crippen LogP contribution in [0.3, 0.4) is 0 Å². The van der Waals surface area contributed by atoms with Gasteiger partial charge < -0.3 is 20.5 Å². The average Bonchev–Trinajstić information content (AvgIpc) is 3.02. The molecule has 4 atom stereocenters. The summed E-state index contributed by atoms with van der Waals surface area (Å²) in [6.07, 6.45) is -8.39. The molecule has 27 heavy (non-hydrogen) atoms. The van der Waals surface area contributed by atoms with E-state index < -0.39 is 36.3 Å². The highest BCUT2D eigenvalue weighted by Gasteiger charge is 2.45. The van der Waals surface area contributed by atoms with Crippen LogP contribution in [0.15, 0.2) is 24.3 Å². The van der Waals surface area contributed by atoms with Crippen molar-refractivity contribution in [1.29, 1.82) is 0 Å². The van der Waals surface area contributed by atoms with E-state index in [1.54, 1.807) is 0 Å². The number of amides is 1. The lowest BCUT2D eigenvalue weighted by atomic mass is 9.77. The molecule has 1 heterocycles. The van der Waals surface area contributed by atoms with Gasteiger partial charge in [0.2, 0.25) is 0 Å². The maximum absolute atomic E-state index is 13.2. The second-order valence-electron chi connectivity index (χ2n) is 6.76. The number of fused-ring (bicyclic) bond motifs is 1. The number of hydrogen-bond donors (Lipinski definition) is 3. The van der Waals surface area contributed by atoms with Crippen LogP contribution in [-0.2, 0) is 0 Å². The smallest absolute Gasteiger partial charge is 0.427 e. The molecule has 2 aliphatic rings. The Morgan fingerprint density at radius 1 is 1.22 bits per heavy atom. The Hall–Kier alpha value is -1.58. The summed E-state index contributed by atoms with van der Waals surface area (Å²) >= 11 is 0. The summed E-state index contributed by atoms with van der Waals surface area (Å²) in [5.74, 6) is -0.725. The number of para-hydroxylation sites is 1. The van der Waals surface area contributed by atoms with Crippen LogP contribution in [-0.4, -0.2) is 48.8 Å². The minimum absolute atomic E-state index is 0. The van der Waals surface area contributed by atoms with Gasteiger partial charge in [0.25, 0.3) is 5.91 Å². The molecule has 3 N–H and O–H groups in total. The van der Waals surface area contributed by atoms with Gasteiger partial charge in [-0.15, -0.1) is 12.4 Å². The second kappa shape index (κ2) is 8.62. The van der Waals surface area contributed by atoms with Gasteiger partial charge in [0.05, 0.1) is 17.7 Å². The van der Waals surface area contributed by atoms with Crippen LogP contribution in [0.25, 0.3) is 0 Å². The van der Waals surface area contributed by atoms with Crippen molar-refractivity contribution in [3.8, 4) is 5.75 Å². The number of carbonyl (C=O) groups is 1. The van der Waals surface area contributed by atoms with Gasteiger partial charge in [-0.2, -0.15) is 17.6 Å². The number of ether oxygens (including phenoxy) is 1. The highest BCUT2D eigenvalue weighted by molar-refractivity contribution is 5.97. The molecule has 1 saturated carbocycles. The number of hydrogen-bond acceptors (Lipinski definition) is 4. The van der Waals surface area contributed by atoms with Crippen molar-refractivity contribution in [2.45, 2.75) is 37.5 Å². The van der Waals surface area contributed by atoms with Crippen LogP contribution < -0.4 is 15.4 Å². The van der Waals surface area contributed by atoms with E-state index in [1.165, 1.54) is 18.2 Å². The summed E-state index contributed by atoms with van der Waals surface area (Å²) in [5.41, 5.74) is -0.285. The van der Waals surface area contributed by atoms with Crippen molar-refractivity contribution in [1.82, 2.24) is 10.6 Å². The quantitative estimate of drug-likeness (QED) is 0.650. The Kier molecular flexibility index (Phi) is 6.93. The molecule has 0 aromatic heterocycles. The van der Waals surface area contributed by atoms with Crippen LogP contribution in [0.1, 0.15) is 23.2 Å². The maximum atomic E-state index is 13.2. The van der Waals surface area contributed by atoms with Gasteiger partial charge in [0, 0.05) is 0 Å². The summed E-state index contributed by atoms with van der Waals surface area (Å²) < 4.78 is 55.2. The molecular formula is C17H21ClF4N2O3. The van der Waals surface area contributed by atoms with Gasteiger partial charge in [-0.25, -0.2) is 0 Å². The zero-order chi connectivity index (χ0) is 18.9. The van der Waals surface area contributed by atoms with E-state index in [0.717, 1.165) is 19.2 Å². The average molecular weight is 413 g/mol. The molecule has 1 aromatic carbocycles. The van der Waals surface area contributed by atoms with E-state index in [1.807, 2.05) is 0 Å². The molecular weight excluding hydrogens is 392 g/mol. The molecule has 1 aliphatic carbocycles. The Balaban J connectivity index is 0.00000261. The van der Waals surface area contributed by atoms with E-state index in [2.05, 4.69) is 15.4 Å². The molecule has 5 nitrogen and oxygen atoms in total. The van der Waals surface area contributed by atoms with Crippen molar-refractivity contribution in [3.05, 3.63) is 29.8 Å². The predicted octanol–water partition coefficient (Wildman–Crippen LogP) is 2.43. The fourth-order valence-electron chi connectivity index (χ4n) is 3.63. The van der Waals surface area contributed by atoms with Crippen LogP contribution in [0, 0.1) is 11.8 Å². The number of carbonyl (C=O) groups excluding carboxylic acids is 1. The van der Waals surface area contributed by atoms with Crippen molar-refractivity contribution in [3.63, 3.8) is 0 Å². The lowest BCUT2D eigenvalue weighted by Crippen LogP contribution is -2.49. The lowest BCUT2D eigenvalue weighted by Gasteiger charge is -2.35. The predicted molar refractivity (Wildman–Crippen MR) is 91.6 cm³/mol. The highest BCUT2D eigenvalue weighted by atomic mass is 35.5. The molecule has 1 aromatic rings. The number of nitrogens with one attached hydrogen (secondary N) is 2. The normalized spacial score (nSPS) is 27.6.